The number of nitrogens with two attached hydrogens (primary N) is 1. The van der Waals surface area contributed by atoms with Gasteiger partial charge in [-0.3, -0.25) is 10.2 Å². The number of hydrazine groups is 1. The van der Waals surface area contributed by atoms with Crippen LogP contribution in [-0.2, 0) is 11.3 Å². The fourth-order valence-corrected chi connectivity index (χ4v) is 1.81. The van der Waals surface area contributed by atoms with Gasteiger partial charge in [-0.25, -0.2) is 10.8 Å². The minimum atomic E-state index is -0.0767. The maximum Gasteiger partial charge on any atom is 0.304 e. The second-order valence-corrected chi connectivity index (χ2v) is 4.30. The molecule has 0 amide bonds. The lowest BCUT2D eigenvalue weighted by Crippen LogP contribution is -2.42. The van der Waals surface area contributed by atoms with Crippen molar-refractivity contribution < 1.29 is 4.74 Å². The maximum atomic E-state index is 10.9. The van der Waals surface area contributed by atoms with Crippen molar-refractivity contribution in [3.63, 3.8) is 0 Å². The minimum absolute atomic E-state index is 0.0767. The van der Waals surface area contributed by atoms with Crippen molar-refractivity contribution in [2.75, 3.05) is 19.8 Å². The lowest BCUT2D eigenvalue weighted by atomic mass is 10.4. The minimum Gasteiger partial charge on any atom is -0.382 e. The van der Waals surface area contributed by atoms with Gasteiger partial charge < -0.3 is 15.0 Å². The molecule has 0 saturated carbocycles. The lowest BCUT2D eigenvalue weighted by molar-refractivity contribution is 0.145. The summed E-state index contributed by atoms with van der Waals surface area (Å²) in [5.74, 6) is 5.84. The number of aliphatic imine (C=N–C) groups is 1. The Bertz CT molecular complexity index is 414. The molecule has 0 spiro atoms. The van der Waals surface area contributed by atoms with Gasteiger partial charge in [0.05, 0.1) is 12.2 Å². The van der Waals surface area contributed by atoms with Crippen LogP contribution in [0.1, 0.15) is 19.0 Å². The summed E-state index contributed by atoms with van der Waals surface area (Å²) in [6.45, 7) is 4.50. The molecule has 0 aliphatic heterocycles. The first-order valence-electron chi connectivity index (χ1n) is 5.75. The summed E-state index contributed by atoms with van der Waals surface area (Å²) in [7, 11) is 0. The highest BCUT2D eigenvalue weighted by atomic mass is 32.1. The molecule has 5 N–H and O–H groups in total. The van der Waals surface area contributed by atoms with Crippen LogP contribution in [0.3, 0.4) is 0 Å². The van der Waals surface area contributed by atoms with Crippen LogP contribution in [0, 0.1) is 0 Å². The van der Waals surface area contributed by atoms with Crippen LogP contribution in [0.4, 0.5) is 0 Å². The van der Waals surface area contributed by atoms with E-state index < -0.39 is 0 Å². The predicted octanol–water partition coefficient (Wildman–Crippen LogP) is -0.228. The Balaban J connectivity index is 2.29. The number of aromatic nitrogens is 1. The zero-order chi connectivity index (χ0) is 13.2. The van der Waals surface area contributed by atoms with E-state index in [1.54, 1.807) is 5.38 Å². The van der Waals surface area contributed by atoms with Crippen LogP contribution in [0.15, 0.2) is 15.2 Å². The normalized spacial score (nSPS) is 11.6. The molecule has 1 rings (SSSR count). The van der Waals surface area contributed by atoms with Crippen molar-refractivity contribution in [3.8, 4) is 0 Å². The summed E-state index contributed by atoms with van der Waals surface area (Å²) < 4.78 is 5.21. The van der Waals surface area contributed by atoms with Gasteiger partial charge in [0.2, 0.25) is 5.96 Å². The first kappa shape index (κ1) is 14.7. The Morgan fingerprint density at radius 2 is 2.50 bits per heavy atom. The molecule has 1 heterocycles. The molecule has 0 aliphatic rings. The molecule has 0 atom stereocenters. The topological polar surface area (TPSA) is 105 Å². The van der Waals surface area contributed by atoms with E-state index in [-0.39, 0.29) is 4.87 Å². The Morgan fingerprint density at radius 3 is 3.11 bits per heavy atom. The number of hydrogen-bond acceptors (Lipinski definition) is 5. The number of aromatic amines is 1. The smallest absolute Gasteiger partial charge is 0.304 e. The number of hydrogen-bond donors (Lipinski definition) is 4. The van der Waals surface area contributed by atoms with Crippen molar-refractivity contribution in [1.29, 1.82) is 0 Å². The van der Waals surface area contributed by atoms with Gasteiger partial charge in [0.25, 0.3) is 0 Å². The Hall–Kier alpha value is -1.38. The first-order chi connectivity index (χ1) is 8.76. The van der Waals surface area contributed by atoms with Crippen molar-refractivity contribution in [2.24, 2.45) is 10.8 Å². The van der Waals surface area contributed by atoms with E-state index in [1.807, 2.05) is 6.92 Å². The molecule has 0 radical (unpaired) electrons. The van der Waals surface area contributed by atoms with E-state index >= 15 is 0 Å². The average Bonchev–Trinajstić information content (AvgIpc) is 2.78. The predicted molar refractivity (Wildman–Crippen MR) is 72.5 cm³/mol. The van der Waals surface area contributed by atoms with Crippen molar-refractivity contribution >= 4 is 17.3 Å². The monoisotopic (exact) mass is 273 g/mol. The number of H-pyrrole nitrogens is 1. The molecule has 1 aromatic heterocycles. The average molecular weight is 273 g/mol. The standard InChI is InChI=1S/C10H19N5O2S/c1-2-17-5-3-4-12-9(15-11)13-6-8-7-18-10(16)14-8/h7H,2-6,11H2,1H3,(H,14,16)(H2,12,13,15). The van der Waals surface area contributed by atoms with Gasteiger partial charge in [-0.1, -0.05) is 11.3 Å². The summed E-state index contributed by atoms with van der Waals surface area (Å²) in [5, 5.41) is 4.80. The van der Waals surface area contributed by atoms with Crippen molar-refractivity contribution in [3.05, 3.63) is 20.7 Å². The third-order valence-electron chi connectivity index (χ3n) is 2.08. The number of rotatable bonds is 7. The van der Waals surface area contributed by atoms with Crippen LogP contribution in [-0.4, -0.2) is 30.7 Å². The van der Waals surface area contributed by atoms with E-state index in [0.29, 0.717) is 19.1 Å². The van der Waals surface area contributed by atoms with E-state index in [0.717, 1.165) is 36.6 Å². The van der Waals surface area contributed by atoms with Crippen molar-refractivity contribution in [1.82, 2.24) is 15.7 Å². The molecular formula is C10H19N5O2S. The molecule has 0 aromatic carbocycles. The molecule has 1 aromatic rings. The molecule has 102 valence electrons. The number of guanidine groups is 1. The van der Waals surface area contributed by atoms with Crippen LogP contribution in [0.5, 0.6) is 0 Å². The van der Waals surface area contributed by atoms with E-state index in [2.05, 4.69) is 20.7 Å². The zero-order valence-corrected chi connectivity index (χ0v) is 11.2. The van der Waals surface area contributed by atoms with Crippen molar-refractivity contribution in [2.45, 2.75) is 19.9 Å². The van der Waals surface area contributed by atoms with Crippen LogP contribution in [0.2, 0.25) is 0 Å². The van der Waals surface area contributed by atoms with Gasteiger partial charge >= 0.3 is 4.87 Å². The van der Waals surface area contributed by atoms with Gasteiger partial charge in [0.15, 0.2) is 0 Å². The molecule has 18 heavy (non-hydrogen) atoms. The summed E-state index contributed by atoms with van der Waals surface area (Å²) in [4.78, 5) is 17.7. The third-order valence-corrected chi connectivity index (χ3v) is 2.80. The number of ether oxygens (including phenoxy) is 1. The molecule has 0 fully saturated rings. The van der Waals surface area contributed by atoms with E-state index in [1.165, 1.54) is 0 Å². The summed E-state index contributed by atoms with van der Waals surface area (Å²) in [5.41, 5.74) is 3.25. The van der Waals surface area contributed by atoms with E-state index in [9.17, 15) is 4.79 Å². The number of thiazole rings is 1. The molecule has 0 aliphatic carbocycles. The van der Waals surface area contributed by atoms with Crippen LogP contribution in [0.25, 0.3) is 0 Å². The Kier molecular flexibility index (Phi) is 7.07. The Morgan fingerprint density at radius 1 is 1.67 bits per heavy atom. The Labute approximate surface area is 109 Å². The molecule has 7 nitrogen and oxygen atoms in total. The lowest BCUT2D eigenvalue weighted by Gasteiger charge is -2.08. The highest BCUT2D eigenvalue weighted by Gasteiger charge is 1.98. The van der Waals surface area contributed by atoms with Gasteiger partial charge in [-0.2, -0.15) is 0 Å². The third kappa shape index (κ3) is 5.80. The highest BCUT2D eigenvalue weighted by molar-refractivity contribution is 7.07. The summed E-state index contributed by atoms with van der Waals surface area (Å²) in [6, 6.07) is 0. The molecule has 0 unspecified atom stereocenters. The number of nitrogens with zero attached hydrogens (tertiary/aromatic N) is 1. The van der Waals surface area contributed by atoms with Gasteiger partial charge in [0.1, 0.15) is 0 Å². The SMILES string of the molecule is CCOCCCNC(=NCc1csc(=O)[nH]1)NN. The second-order valence-electron chi connectivity index (χ2n) is 3.46. The quantitative estimate of drug-likeness (QED) is 0.181. The van der Waals surface area contributed by atoms with Gasteiger partial charge in [-0.15, -0.1) is 0 Å². The summed E-state index contributed by atoms with van der Waals surface area (Å²) >= 11 is 1.12. The van der Waals surface area contributed by atoms with Crippen LogP contribution < -0.4 is 21.5 Å². The molecular weight excluding hydrogens is 254 g/mol. The fourth-order valence-electron chi connectivity index (χ4n) is 1.23. The number of nitrogens with one attached hydrogen (secondary N) is 3. The maximum absolute atomic E-state index is 10.9. The fraction of sp³-hybridized carbons (Fsp3) is 0.600. The zero-order valence-electron chi connectivity index (χ0n) is 10.4. The molecule has 0 saturated heterocycles. The van der Waals surface area contributed by atoms with Gasteiger partial charge in [-0.05, 0) is 13.3 Å². The van der Waals surface area contributed by atoms with Gasteiger partial charge in [0, 0.05) is 25.1 Å². The van der Waals surface area contributed by atoms with Crippen LogP contribution >= 0.6 is 11.3 Å². The molecule has 0 bridgehead atoms. The van der Waals surface area contributed by atoms with E-state index in [4.69, 9.17) is 10.6 Å². The molecule has 8 heteroatoms. The largest absolute Gasteiger partial charge is 0.382 e. The summed E-state index contributed by atoms with van der Waals surface area (Å²) in [6.07, 6.45) is 0.879. The second kappa shape index (κ2) is 8.67. The first-order valence-corrected chi connectivity index (χ1v) is 6.63. The highest BCUT2D eigenvalue weighted by Crippen LogP contribution is 1.97.